The molecule has 0 radical (unpaired) electrons. The SMILES string of the molecule is Cc1c(N)ccc(=O)n1CC(F)F. The van der Waals surface area contributed by atoms with Crippen molar-refractivity contribution in [1.82, 2.24) is 4.57 Å². The van der Waals surface area contributed by atoms with E-state index >= 15 is 0 Å². The number of pyridine rings is 1. The minimum absolute atomic E-state index is 0.347. The predicted octanol–water partition coefficient (Wildman–Crippen LogP) is 1.00. The molecule has 5 heteroatoms. The lowest BCUT2D eigenvalue weighted by Crippen LogP contribution is -2.25. The molecule has 0 aliphatic rings. The van der Waals surface area contributed by atoms with Crippen molar-refractivity contribution >= 4 is 5.69 Å². The molecule has 0 aliphatic carbocycles. The highest BCUT2D eigenvalue weighted by molar-refractivity contribution is 5.41. The summed E-state index contributed by atoms with van der Waals surface area (Å²) in [7, 11) is 0. The fraction of sp³-hybridized carbons (Fsp3) is 0.375. The van der Waals surface area contributed by atoms with Crippen LogP contribution in [0.25, 0.3) is 0 Å². The number of alkyl halides is 2. The zero-order chi connectivity index (χ0) is 10.0. The van der Waals surface area contributed by atoms with E-state index in [1.54, 1.807) is 6.92 Å². The zero-order valence-electron chi connectivity index (χ0n) is 7.13. The number of nitrogens with zero attached hydrogens (tertiary/aromatic N) is 1. The van der Waals surface area contributed by atoms with Crippen molar-refractivity contribution < 1.29 is 8.78 Å². The summed E-state index contributed by atoms with van der Waals surface area (Å²) < 4.78 is 25.0. The molecule has 13 heavy (non-hydrogen) atoms. The van der Waals surface area contributed by atoms with E-state index in [9.17, 15) is 13.6 Å². The average Bonchev–Trinajstić information content (AvgIpc) is 2.05. The van der Waals surface area contributed by atoms with E-state index in [0.717, 1.165) is 4.57 Å². The maximum absolute atomic E-state index is 12.0. The molecule has 0 aromatic carbocycles. The summed E-state index contributed by atoms with van der Waals surface area (Å²) in [6, 6.07) is 2.60. The van der Waals surface area contributed by atoms with Crippen molar-refractivity contribution in [2.45, 2.75) is 19.9 Å². The molecule has 1 rings (SSSR count). The van der Waals surface area contributed by atoms with Gasteiger partial charge in [-0.1, -0.05) is 0 Å². The second-order valence-electron chi connectivity index (χ2n) is 2.71. The van der Waals surface area contributed by atoms with E-state index < -0.39 is 18.5 Å². The topological polar surface area (TPSA) is 48.0 Å². The van der Waals surface area contributed by atoms with Crippen LogP contribution in [0.2, 0.25) is 0 Å². The number of aromatic nitrogens is 1. The van der Waals surface area contributed by atoms with E-state index in [0.29, 0.717) is 11.4 Å². The summed E-state index contributed by atoms with van der Waals surface area (Å²) >= 11 is 0. The number of nitrogen functional groups attached to an aromatic ring is 1. The molecule has 1 aromatic rings. The third-order valence-electron chi connectivity index (χ3n) is 1.81. The van der Waals surface area contributed by atoms with E-state index in [1.807, 2.05) is 0 Å². The molecular formula is C8H10F2N2O. The molecule has 0 fully saturated rings. The number of halogens is 2. The second-order valence-corrected chi connectivity index (χ2v) is 2.71. The Balaban J connectivity index is 3.18. The summed E-state index contributed by atoms with van der Waals surface area (Å²) in [5, 5.41) is 0. The first-order chi connectivity index (χ1) is 6.02. The van der Waals surface area contributed by atoms with Crippen LogP contribution in [0, 0.1) is 6.92 Å². The van der Waals surface area contributed by atoms with Gasteiger partial charge in [-0.15, -0.1) is 0 Å². The van der Waals surface area contributed by atoms with Gasteiger partial charge in [-0.3, -0.25) is 4.79 Å². The van der Waals surface area contributed by atoms with Gasteiger partial charge in [-0.05, 0) is 13.0 Å². The summed E-state index contributed by atoms with van der Waals surface area (Å²) in [6.07, 6.45) is -2.54. The third-order valence-corrected chi connectivity index (χ3v) is 1.81. The van der Waals surface area contributed by atoms with E-state index in [4.69, 9.17) is 5.73 Å². The Hall–Kier alpha value is -1.39. The van der Waals surface area contributed by atoms with Crippen LogP contribution in [0.15, 0.2) is 16.9 Å². The number of hydrogen-bond donors (Lipinski definition) is 1. The fourth-order valence-corrected chi connectivity index (χ4v) is 1.06. The zero-order valence-corrected chi connectivity index (χ0v) is 7.13. The first-order valence-electron chi connectivity index (χ1n) is 3.76. The van der Waals surface area contributed by atoms with Crippen molar-refractivity contribution in [1.29, 1.82) is 0 Å². The van der Waals surface area contributed by atoms with Gasteiger partial charge in [-0.2, -0.15) is 0 Å². The molecule has 0 saturated carbocycles. The number of anilines is 1. The Morgan fingerprint density at radius 1 is 1.54 bits per heavy atom. The molecule has 0 spiro atoms. The first-order valence-corrected chi connectivity index (χ1v) is 3.76. The molecule has 1 aromatic heterocycles. The standard InChI is InChI=1S/C8H10F2N2O/c1-5-6(11)2-3-8(13)12(5)4-7(9)10/h2-3,7H,4,11H2,1H3. The number of rotatable bonds is 2. The Bertz CT molecular complexity index is 360. The minimum atomic E-state index is -2.54. The molecule has 0 saturated heterocycles. The maximum atomic E-state index is 12.0. The van der Waals surface area contributed by atoms with Gasteiger partial charge in [0.2, 0.25) is 0 Å². The smallest absolute Gasteiger partial charge is 0.256 e. The Kier molecular flexibility index (Phi) is 2.65. The van der Waals surface area contributed by atoms with Crippen LogP contribution >= 0.6 is 0 Å². The van der Waals surface area contributed by atoms with E-state index in [1.165, 1.54) is 12.1 Å². The van der Waals surface area contributed by atoms with Gasteiger partial charge in [0.1, 0.15) is 0 Å². The van der Waals surface area contributed by atoms with E-state index in [2.05, 4.69) is 0 Å². The fourth-order valence-electron chi connectivity index (χ4n) is 1.06. The third kappa shape index (κ3) is 2.05. The molecule has 2 N–H and O–H groups in total. The summed E-state index contributed by atoms with van der Waals surface area (Å²) in [4.78, 5) is 11.1. The van der Waals surface area contributed by atoms with Crippen molar-refractivity contribution in [2.24, 2.45) is 0 Å². The monoisotopic (exact) mass is 188 g/mol. The highest BCUT2D eigenvalue weighted by Gasteiger charge is 2.08. The molecule has 0 bridgehead atoms. The van der Waals surface area contributed by atoms with Crippen LogP contribution in [0.5, 0.6) is 0 Å². The van der Waals surface area contributed by atoms with Gasteiger partial charge in [0.15, 0.2) is 0 Å². The summed E-state index contributed by atoms with van der Waals surface area (Å²) in [6.45, 7) is 0.939. The highest BCUT2D eigenvalue weighted by atomic mass is 19.3. The van der Waals surface area contributed by atoms with Crippen LogP contribution in [0.1, 0.15) is 5.69 Å². The van der Waals surface area contributed by atoms with Gasteiger partial charge in [0.25, 0.3) is 12.0 Å². The molecule has 0 amide bonds. The van der Waals surface area contributed by atoms with Crippen LogP contribution < -0.4 is 11.3 Å². The van der Waals surface area contributed by atoms with Crippen LogP contribution in [-0.4, -0.2) is 11.0 Å². The van der Waals surface area contributed by atoms with E-state index in [-0.39, 0.29) is 0 Å². The number of hydrogen-bond acceptors (Lipinski definition) is 2. The summed E-state index contributed by atoms with van der Waals surface area (Å²) in [5.41, 5.74) is 5.74. The molecule has 3 nitrogen and oxygen atoms in total. The number of nitrogens with two attached hydrogens (primary N) is 1. The quantitative estimate of drug-likeness (QED) is 0.752. The van der Waals surface area contributed by atoms with Crippen LogP contribution in [0.3, 0.4) is 0 Å². The Morgan fingerprint density at radius 2 is 2.15 bits per heavy atom. The normalized spacial score (nSPS) is 10.8. The predicted molar refractivity (Wildman–Crippen MR) is 45.9 cm³/mol. The Morgan fingerprint density at radius 3 is 2.69 bits per heavy atom. The molecule has 72 valence electrons. The minimum Gasteiger partial charge on any atom is -0.397 e. The molecule has 1 heterocycles. The first kappa shape index (κ1) is 9.70. The van der Waals surface area contributed by atoms with Crippen molar-refractivity contribution in [3.8, 4) is 0 Å². The van der Waals surface area contributed by atoms with Gasteiger partial charge in [-0.25, -0.2) is 8.78 Å². The Labute approximate surface area is 73.8 Å². The molecular weight excluding hydrogens is 178 g/mol. The largest absolute Gasteiger partial charge is 0.397 e. The molecule has 0 unspecified atom stereocenters. The van der Waals surface area contributed by atoms with Gasteiger partial charge in [0, 0.05) is 11.8 Å². The maximum Gasteiger partial charge on any atom is 0.256 e. The van der Waals surface area contributed by atoms with Crippen molar-refractivity contribution in [3.63, 3.8) is 0 Å². The van der Waals surface area contributed by atoms with Crippen LogP contribution in [-0.2, 0) is 6.54 Å². The second kappa shape index (κ2) is 3.55. The van der Waals surface area contributed by atoms with Gasteiger partial charge in [0.05, 0.1) is 12.2 Å². The lowest BCUT2D eigenvalue weighted by Gasteiger charge is -2.10. The highest BCUT2D eigenvalue weighted by Crippen LogP contribution is 2.07. The molecule has 0 atom stereocenters. The van der Waals surface area contributed by atoms with Crippen molar-refractivity contribution in [2.75, 3.05) is 5.73 Å². The lowest BCUT2D eigenvalue weighted by atomic mass is 10.3. The molecule has 0 aliphatic heterocycles. The lowest BCUT2D eigenvalue weighted by molar-refractivity contribution is 0.124. The summed E-state index contributed by atoms with van der Waals surface area (Å²) in [5.74, 6) is 0. The van der Waals surface area contributed by atoms with Crippen molar-refractivity contribution in [3.05, 3.63) is 28.2 Å². The average molecular weight is 188 g/mol. The van der Waals surface area contributed by atoms with Crippen LogP contribution in [0.4, 0.5) is 14.5 Å². The van der Waals surface area contributed by atoms with Gasteiger partial charge >= 0.3 is 0 Å². The van der Waals surface area contributed by atoms with Gasteiger partial charge < -0.3 is 10.3 Å².